The van der Waals surface area contributed by atoms with E-state index in [0.717, 1.165) is 16.7 Å². The normalized spacial score (nSPS) is 12.2. The van der Waals surface area contributed by atoms with Crippen LogP contribution in [0, 0.1) is 0 Å². The molecule has 4 nitrogen and oxygen atoms in total. The summed E-state index contributed by atoms with van der Waals surface area (Å²) in [6, 6.07) is 23.9. The molecule has 0 aromatic heterocycles. The van der Waals surface area contributed by atoms with Crippen LogP contribution in [0.2, 0.25) is 0 Å². The number of carbonyl (C=O) groups excluding carboxylic acids is 1. The van der Waals surface area contributed by atoms with E-state index in [1.165, 1.54) is 5.56 Å². The number of carboxylic acid groups (broad SMARTS) is 1. The van der Waals surface area contributed by atoms with E-state index in [9.17, 15) is 14.7 Å². The Bertz CT molecular complexity index is 1000. The van der Waals surface area contributed by atoms with Crippen LogP contribution in [0.5, 0.6) is 0 Å². The molecule has 0 aliphatic carbocycles. The third-order valence-corrected chi connectivity index (χ3v) is 5.12. The molecule has 154 valence electrons. The van der Waals surface area contributed by atoms with Gasteiger partial charge in [-0.15, -0.1) is 0 Å². The average Bonchev–Trinajstić information content (AvgIpc) is 2.73. The summed E-state index contributed by atoms with van der Waals surface area (Å²) >= 11 is 0. The first kappa shape index (κ1) is 21.3. The summed E-state index contributed by atoms with van der Waals surface area (Å²) in [5.41, 5.74) is 4.58. The van der Waals surface area contributed by atoms with Crippen LogP contribution in [0.25, 0.3) is 11.1 Å². The first-order valence-electron chi connectivity index (χ1n) is 10.0. The second-order valence-electron chi connectivity index (χ2n) is 8.46. The van der Waals surface area contributed by atoms with Crippen molar-refractivity contribution in [2.45, 2.75) is 38.6 Å². The van der Waals surface area contributed by atoms with Gasteiger partial charge in [-0.3, -0.25) is 4.79 Å². The molecule has 3 rings (SSSR count). The number of rotatable bonds is 6. The van der Waals surface area contributed by atoms with Crippen LogP contribution in [0.1, 0.15) is 42.3 Å². The number of hydrogen-bond acceptors (Lipinski definition) is 2. The zero-order chi connectivity index (χ0) is 21.7. The van der Waals surface area contributed by atoms with E-state index in [2.05, 4.69) is 26.1 Å². The SMILES string of the molecule is CC(C)(C)c1ccc(C[C@H](NC(=O)c2ccc(-c3ccccc3)cc2)C(=O)O)cc1. The molecule has 30 heavy (non-hydrogen) atoms. The highest BCUT2D eigenvalue weighted by molar-refractivity contribution is 5.97. The molecule has 4 heteroatoms. The fraction of sp³-hybridized carbons (Fsp3) is 0.231. The van der Waals surface area contributed by atoms with Crippen LogP contribution in [-0.4, -0.2) is 23.0 Å². The summed E-state index contributed by atoms with van der Waals surface area (Å²) in [6.45, 7) is 6.39. The van der Waals surface area contributed by atoms with Gasteiger partial charge in [-0.05, 0) is 39.8 Å². The van der Waals surface area contributed by atoms with Crippen LogP contribution in [0.4, 0.5) is 0 Å². The minimum absolute atomic E-state index is 0.0326. The van der Waals surface area contributed by atoms with Gasteiger partial charge in [0.1, 0.15) is 6.04 Å². The van der Waals surface area contributed by atoms with Crippen LogP contribution in [-0.2, 0) is 16.6 Å². The average molecular weight is 402 g/mol. The Kier molecular flexibility index (Phi) is 6.36. The quantitative estimate of drug-likeness (QED) is 0.605. The molecule has 1 atom stereocenters. The number of carbonyl (C=O) groups is 2. The van der Waals surface area contributed by atoms with Gasteiger partial charge in [-0.2, -0.15) is 0 Å². The highest BCUT2D eigenvalue weighted by atomic mass is 16.4. The molecule has 0 aliphatic rings. The largest absolute Gasteiger partial charge is 0.480 e. The van der Waals surface area contributed by atoms with E-state index in [1.54, 1.807) is 12.1 Å². The van der Waals surface area contributed by atoms with Gasteiger partial charge in [0.25, 0.3) is 5.91 Å². The monoisotopic (exact) mass is 401 g/mol. The van der Waals surface area contributed by atoms with Crippen molar-refractivity contribution in [3.8, 4) is 11.1 Å². The molecule has 0 radical (unpaired) electrons. The molecule has 0 saturated carbocycles. The Morgan fingerprint density at radius 2 is 1.40 bits per heavy atom. The van der Waals surface area contributed by atoms with Crippen molar-refractivity contribution in [2.75, 3.05) is 0 Å². The van der Waals surface area contributed by atoms with Crippen molar-refractivity contribution in [3.05, 3.63) is 95.6 Å². The smallest absolute Gasteiger partial charge is 0.326 e. The lowest BCUT2D eigenvalue weighted by molar-refractivity contribution is -0.139. The molecule has 3 aromatic carbocycles. The Labute approximate surface area is 177 Å². The minimum Gasteiger partial charge on any atom is -0.480 e. The van der Waals surface area contributed by atoms with Crippen molar-refractivity contribution in [3.63, 3.8) is 0 Å². The highest BCUT2D eigenvalue weighted by Crippen LogP contribution is 2.23. The van der Waals surface area contributed by atoms with Gasteiger partial charge in [0.15, 0.2) is 0 Å². The van der Waals surface area contributed by atoms with Gasteiger partial charge in [0.05, 0.1) is 0 Å². The third-order valence-electron chi connectivity index (χ3n) is 5.12. The summed E-state index contributed by atoms with van der Waals surface area (Å²) in [7, 11) is 0. The van der Waals surface area contributed by atoms with Gasteiger partial charge in [0, 0.05) is 12.0 Å². The van der Waals surface area contributed by atoms with Crippen molar-refractivity contribution >= 4 is 11.9 Å². The number of benzene rings is 3. The summed E-state index contributed by atoms with van der Waals surface area (Å²) in [5.74, 6) is -1.45. The third kappa shape index (κ3) is 5.35. The number of aliphatic carboxylic acids is 1. The summed E-state index contributed by atoms with van der Waals surface area (Å²) in [6.07, 6.45) is 0.230. The Balaban J connectivity index is 1.69. The van der Waals surface area contributed by atoms with Gasteiger partial charge in [-0.1, -0.05) is 87.5 Å². The lowest BCUT2D eigenvalue weighted by Gasteiger charge is -2.20. The van der Waals surface area contributed by atoms with E-state index in [-0.39, 0.29) is 11.8 Å². The minimum atomic E-state index is -1.05. The predicted molar refractivity (Wildman–Crippen MR) is 120 cm³/mol. The zero-order valence-electron chi connectivity index (χ0n) is 17.6. The Hall–Kier alpha value is -3.40. The highest BCUT2D eigenvalue weighted by Gasteiger charge is 2.22. The lowest BCUT2D eigenvalue weighted by Crippen LogP contribution is -2.42. The second-order valence-corrected chi connectivity index (χ2v) is 8.46. The molecular weight excluding hydrogens is 374 g/mol. The molecule has 0 aliphatic heterocycles. The molecule has 2 N–H and O–H groups in total. The van der Waals surface area contributed by atoms with E-state index >= 15 is 0 Å². The first-order chi connectivity index (χ1) is 14.2. The van der Waals surface area contributed by atoms with Crippen molar-refractivity contribution in [1.82, 2.24) is 5.32 Å². The molecule has 0 fully saturated rings. The lowest BCUT2D eigenvalue weighted by atomic mass is 9.86. The van der Waals surface area contributed by atoms with Crippen LogP contribution in [0.15, 0.2) is 78.9 Å². The molecular formula is C26H27NO3. The fourth-order valence-electron chi connectivity index (χ4n) is 3.26. The Morgan fingerprint density at radius 3 is 1.93 bits per heavy atom. The van der Waals surface area contributed by atoms with E-state index in [1.807, 2.05) is 66.7 Å². The maximum Gasteiger partial charge on any atom is 0.326 e. The second kappa shape index (κ2) is 8.95. The van der Waals surface area contributed by atoms with Gasteiger partial charge < -0.3 is 10.4 Å². The maximum atomic E-state index is 12.6. The topological polar surface area (TPSA) is 66.4 Å². The molecule has 0 spiro atoms. The molecule has 1 amide bonds. The fourth-order valence-corrected chi connectivity index (χ4v) is 3.26. The van der Waals surface area contributed by atoms with Gasteiger partial charge in [-0.25, -0.2) is 4.79 Å². The van der Waals surface area contributed by atoms with Crippen LogP contribution in [0.3, 0.4) is 0 Å². The maximum absolute atomic E-state index is 12.6. The van der Waals surface area contributed by atoms with Crippen molar-refractivity contribution < 1.29 is 14.7 Å². The molecule has 3 aromatic rings. The van der Waals surface area contributed by atoms with Gasteiger partial charge in [0.2, 0.25) is 0 Å². The van der Waals surface area contributed by atoms with Crippen molar-refractivity contribution in [1.29, 1.82) is 0 Å². The zero-order valence-corrected chi connectivity index (χ0v) is 17.6. The van der Waals surface area contributed by atoms with Crippen molar-refractivity contribution in [2.24, 2.45) is 0 Å². The Morgan fingerprint density at radius 1 is 0.833 bits per heavy atom. The molecule has 0 saturated heterocycles. The van der Waals surface area contributed by atoms with E-state index in [0.29, 0.717) is 5.56 Å². The number of amides is 1. The summed E-state index contributed by atoms with van der Waals surface area (Å²) in [5, 5.41) is 12.2. The standard InChI is InChI=1S/C26H27NO3/c1-26(2,3)22-15-9-18(10-16-22)17-23(25(29)30)27-24(28)21-13-11-20(12-14-21)19-7-5-4-6-8-19/h4-16,23H,17H2,1-3H3,(H,27,28)(H,29,30)/t23-/m0/s1. The summed E-state index contributed by atoms with van der Waals surface area (Å²) < 4.78 is 0. The van der Waals surface area contributed by atoms with Gasteiger partial charge >= 0.3 is 5.97 Å². The predicted octanol–water partition coefficient (Wildman–Crippen LogP) is 5.08. The molecule has 0 heterocycles. The van der Waals surface area contributed by atoms with Crippen LogP contribution < -0.4 is 5.32 Å². The van der Waals surface area contributed by atoms with E-state index in [4.69, 9.17) is 0 Å². The van der Waals surface area contributed by atoms with Crippen LogP contribution >= 0.6 is 0 Å². The molecule has 0 unspecified atom stereocenters. The number of hydrogen-bond donors (Lipinski definition) is 2. The number of carboxylic acids is 1. The first-order valence-corrected chi connectivity index (χ1v) is 10.0. The molecule has 0 bridgehead atoms. The summed E-state index contributed by atoms with van der Waals surface area (Å²) in [4.78, 5) is 24.3. The van der Waals surface area contributed by atoms with E-state index < -0.39 is 17.9 Å². The number of nitrogens with one attached hydrogen (secondary N) is 1.